The van der Waals surface area contributed by atoms with Crippen molar-refractivity contribution in [3.05, 3.63) is 29.8 Å². The van der Waals surface area contributed by atoms with Gasteiger partial charge in [0.05, 0.1) is 19.3 Å². The van der Waals surface area contributed by atoms with Gasteiger partial charge in [-0.15, -0.1) is 0 Å². The van der Waals surface area contributed by atoms with E-state index < -0.39 is 17.9 Å². The maximum atomic E-state index is 11.8. The molecule has 114 valence electrons. The maximum Gasteiger partial charge on any atom is 0.312 e. The fourth-order valence-corrected chi connectivity index (χ4v) is 2.21. The first-order valence-corrected chi connectivity index (χ1v) is 6.98. The van der Waals surface area contributed by atoms with Crippen LogP contribution in [0.1, 0.15) is 18.6 Å². The van der Waals surface area contributed by atoms with Crippen molar-refractivity contribution in [1.82, 2.24) is 9.80 Å². The van der Waals surface area contributed by atoms with Gasteiger partial charge in [0.15, 0.2) is 0 Å². The molecule has 0 aliphatic carbocycles. The highest BCUT2D eigenvalue weighted by molar-refractivity contribution is 6.35. The van der Waals surface area contributed by atoms with Crippen molar-refractivity contribution in [3.63, 3.8) is 0 Å². The van der Waals surface area contributed by atoms with Gasteiger partial charge in [-0.1, -0.05) is 12.1 Å². The lowest BCUT2D eigenvalue weighted by Gasteiger charge is -2.32. The Kier molecular flexibility index (Phi) is 4.80. The number of piperazine rings is 1. The van der Waals surface area contributed by atoms with E-state index in [0.29, 0.717) is 25.3 Å². The van der Waals surface area contributed by atoms with Gasteiger partial charge < -0.3 is 19.6 Å². The zero-order valence-electron chi connectivity index (χ0n) is 12.3. The van der Waals surface area contributed by atoms with Crippen molar-refractivity contribution in [1.29, 1.82) is 0 Å². The van der Waals surface area contributed by atoms with E-state index in [-0.39, 0.29) is 6.54 Å². The lowest BCUT2D eigenvalue weighted by atomic mass is 10.1. The van der Waals surface area contributed by atoms with Crippen LogP contribution in [0.2, 0.25) is 0 Å². The number of hydrogen-bond acceptors (Lipinski definition) is 4. The Labute approximate surface area is 123 Å². The van der Waals surface area contributed by atoms with E-state index in [9.17, 15) is 14.7 Å². The highest BCUT2D eigenvalue weighted by Gasteiger charge is 2.31. The molecule has 2 rings (SSSR count). The van der Waals surface area contributed by atoms with Gasteiger partial charge in [-0.2, -0.15) is 0 Å². The molecule has 1 aliphatic heterocycles. The number of likely N-dealkylation sites (N-methyl/N-ethyl adjacent to an activating group) is 1. The second-order valence-corrected chi connectivity index (χ2v) is 5.00. The number of benzene rings is 1. The quantitative estimate of drug-likeness (QED) is 0.799. The van der Waals surface area contributed by atoms with Gasteiger partial charge in [0, 0.05) is 20.1 Å². The molecule has 2 amide bonds. The number of carbonyl (C=O) groups excluding carboxylic acids is 2. The van der Waals surface area contributed by atoms with Crippen LogP contribution >= 0.6 is 0 Å². The molecule has 1 aromatic rings. The van der Waals surface area contributed by atoms with Crippen LogP contribution in [0.5, 0.6) is 5.75 Å². The summed E-state index contributed by atoms with van der Waals surface area (Å²) in [6.07, 6.45) is -0.819. The third kappa shape index (κ3) is 3.52. The van der Waals surface area contributed by atoms with Crippen LogP contribution < -0.4 is 4.74 Å². The highest BCUT2D eigenvalue weighted by Crippen LogP contribution is 2.19. The van der Waals surface area contributed by atoms with Crippen LogP contribution in [0.4, 0.5) is 0 Å². The van der Waals surface area contributed by atoms with Gasteiger partial charge >= 0.3 is 11.8 Å². The molecule has 0 bridgehead atoms. The number of aliphatic hydroxyl groups is 1. The standard InChI is InChI=1S/C15H20N2O4/c1-3-21-12-6-4-11(5-7-12)13(18)10-17-9-8-16(2)14(19)15(17)20/h4-7,13,18H,3,8-10H2,1-2H3. The van der Waals surface area contributed by atoms with Gasteiger partial charge in [-0.05, 0) is 24.6 Å². The average Bonchev–Trinajstić information content (AvgIpc) is 2.49. The molecule has 1 aromatic carbocycles. The SMILES string of the molecule is CCOc1ccc(C(O)CN2CCN(C)C(=O)C2=O)cc1. The van der Waals surface area contributed by atoms with E-state index in [4.69, 9.17) is 4.74 Å². The zero-order valence-corrected chi connectivity index (χ0v) is 12.3. The van der Waals surface area contributed by atoms with E-state index >= 15 is 0 Å². The number of nitrogens with zero attached hydrogens (tertiary/aromatic N) is 2. The van der Waals surface area contributed by atoms with E-state index in [0.717, 1.165) is 5.75 Å². The van der Waals surface area contributed by atoms with E-state index in [1.54, 1.807) is 31.3 Å². The molecule has 1 heterocycles. The molecule has 6 heteroatoms. The lowest BCUT2D eigenvalue weighted by Crippen LogP contribution is -2.53. The monoisotopic (exact) mass is 292 g/mol. The number of hydrogen-bond donors (Lipinski definition) is 1. The summed E-state index contributed by atoms with van der Waals surface area (Å²) in [6, 6.07) is 7.08. The predicted molar refractivity (Wildman–Crippen MR) is 76.8 cm³/mol. The summed E-state index contributed by atoms with van der Waals surface area (Å²) in [7, 11) is 1.60. The van der Waals surface area contributed by atoms with Crippen molar-refractivity contribution in [2.24, 2.45) is 0 Å². The van der Waals surface area contributed by atoms with Gasteiger partial charge in [0.25, 0.3) is 0 Å². The topological polar surface area (TPSA) is 70.1 Å². The van der Waals surface area contributed by atoms with Crippen molar-refractivity contribution in [2.45, 2.75) is 13.0 Å². The molecule has 21 heavy (non-hydrogen) atoms. The number of amides is 2. The Bertz CT molecular complexity index is 515. The Balaban J connectivity index is 1.99. The summed E-state index contributed by atoms with van der Waals surface area (Å²) in [5, 5.41) is 10.2. The minimum absolute atomic E-state index is 0.117. The molecular formula is C15H20N2O4. The molecule has 0 radical (unpaired) electrons. The number of aliphatic hydroxyl groups excluding tert-OH is 1. The van der Waals surface area contributed by atoms with E-state index in [1.807, 2.05) is 6.92 Å². The van der Waals surface area contributed by atoms with Crippen LogP contribution in [0, 0.1) is 0 Å². The fourth-order valence-electron chi connectivity index (χ4n) is 2.21. The van der Waals surface area contributed by atoms with Gasteiger partial charge in [-0.25, -0.2) is 0 Å². The normalized spacial score (nSPS) is 17.1. The number of β-amino-alcohol motifs (C(OH)–C–C–N with tert-alkyl or cyclic N) is 1. The van der Waals surface area contributed by atoms with Crippen LogP contribution in [0.15, 0.2) is 24.3 Å². The predicted octanol–water partition coefficient (Wildman–Crippen LogP) is 0.419. The molecule has 1 atom stereocenters. The summed E-state index contributed by atoms with van der Waals surface area (Å²) < 4.78 is 5.34. The molecular weight excluding hydrogens is 272 g/mol. The second-order valence-electron chi connectivity index (χ2n) is 5.00. The summed E-state index contributed by atoms with van der Waals surface area (Å²) in [6.45, 7) is 3.53. The Morgan fingerprint density at radius 3 is 2.48 bits per heavy atom. The van der Waals surface area contributed by atoms with E-state index in [2.05, 4.69) is 0 Å². The van der Waals surface area contributed by atoms with Crippen molar-refractivity contribution in [3.8, 4) is 5.75 Å². The number of rotatable bonds is 5. The van der Waals surface area contributed by atoms with Crippen LogP contribution in [-0.4, -0.2) is 60.0 Å². The highest BCUT2D eigenvalue weighted by atomic mass is 16.5. The zero-order chi connectivity index (χ0) is 15.4. The summed E-state index contributed by atoms with van der Waals surface area (Å²) in [5.74, 6) is -0.354. The molecule has 1 N–H and O–H groups in total. The number of carbonyl (C=O) groups is 2. The third-order valence-electron chi connectivity index (χ3n) is 3.49. The molecule has 1 unspecified atom stereocenters. The lowest BCUT2D eigenvalue weighted by molar-refractivity contribution is -0.155. The molecule has 0 saturated carbocycles. The largest absolute Gasteiger partial charge is 0.494 e. The van der Waals surface area contributed by atoms with Crippen LogP contribution in [0.3, 0.4) is 0 Å². The van der Waals surface area contributed by atoms with E-state index in [1.165, 1.54) is 9.80 Å². The van der Waals surface area contributed by atoms with Crippen molar-refractivity contribution < 1.29 is 19.4 Å². The molecule has 1 saturated heterocycles. The first kappa shape index (κ1) is 15.3. The summed E-state index contributed by atoms with van der Waals surface area (Å²) in [4.78, 5) is 26.2. The van der Waals surface area contributed by atoms with Crippen molar-refractivity contribution >= 4 is 11.8 Å². The first-order valence-electron chi connectivity index (χ1n) is 6.98. The molecule has 0 spiro atoms. The first-order chi connectivity index (χ1) is 10.0. The van der Waals surface area contributed by atoms with Crippen molar-refractivity contribution in [2.75, 3.05) is 33.3 Å². The maximum absolute atomic E-state index is 11.8. The summed E-state index contributed by atoms with van der Waals surface area (Å²) >= 11 is 0. The summed E-state index contributed by atoms with van der Waals surface area (Å²) in [5.41, 5.74) is 0.692. The Morgan fingerprint density at radius 1 is 1.19 bits per heavy atom. The molecule has 6 nitrogen and oxygen atoms in total. The Hall–Kier alpha value is -2.08. The third-order valence-corrected chi connectivity index (χ3v) is 3.49. The molecule has 1 fully saturated rings. The number of ether oxygens (including phenoxy) is 1. The van der Waals surface area contributed by atoms with Gasteiger partial charge in [-0.3, -0.25) is 9.59 Å². The van der Waals surface area contributed by atoms with Crippen LogP contribution in [-0.2, 0) is 9.59 Å². The Morgan fingerprint density at radius 2 is 1.86 bits per heavy atom. The average molecular weight is 292 g/mol. The smallest absolute Gasteiger partial charge is 0.312 e. The van der Waals surface area contributed by atoms with Gasteiger partial charge in [0.2, 0.25) is 0 Å². The fraction of sp³-hybridized carbons (Fsp3) is 0.467. The van der Waals surface area contributed by atoms with Gasteiger partial charge in [0.1, 0.15) is 5.75 Å². The van der Waals surface area contributed by atoms with Crippen LogP contribution in [0.25, 0.3) is 0 Å². The minimum Gasteiger partial charge on any atom is -0.494 e. The minimum atomic E-state index is -0.819. The second kappa shape index (κ2) is 6.58. The molecule has 1 aliphatic rings. The molecule has 0 aromatic heterocycles.